The van der Waals surface area contributed by atoms with E-state index in [2.05, 4.69) is 17.6 Å². The molecule has 154 valence electrons. The largest absolute Gasteiger partial charge is 0.494 e. The van der Waals surface area contributed by atoms with E-state index < -0.39 is 0 Å². The maximum Gasteiger partial charge on any atom is 0.272 e. The number of rotatable bonds is 11. The maximum atomic E-state index is 12.6. The predicted molar refractivity (Wildman–Crippen MR) is 118 cm³/mol. The number of ether oxygens (including phenoxy) is 1. The molecule has 5 nitrogen and oxygen atoms in total. The van der Waals surface area contributed by atoms with Crippen LogP contribution in [0.25, 0.3) is 6.08 Å². The molecule has 0 saturated heterocycles. The summed E-state index contributed by atoms with van der Waals surface area (Å²) in [6.07, 6.45) is 7.63. The Kier molecular flexibility index (Phi) is 9.49. The Labute approximate surface area is 173 Å². The van der Waals surface area contributed by atoms with Gasteiger partial charge in [0.25, 0.3) is 5.91 Å². The van der Waals surface area contributed by atoms with Crippen molar-refractivity contribution < 1.29 is 14.3 Å². The maximum absolute atomic E-state index is 12.6. The summed E-state index contributed by atoms with van der Waals surface area (Å²) in [6.45, 7) is 4.27. The number of nitrogens with one attached hydrogen (secondary N) is 2. The molecular formula is C24H30N2O3. The van der Waals surface area contributed by atoms with Gasteiger partial charge in [-0.25, -0.2) is 0 Å². The molecule has 0 atom stereocenters. The summed E-state index contributed by atoms with van der Waals surface area (Å²) >= 11 is 0. The van der Waals surface area contributed by atoms with Gasteiger partial charge in [-0.15, -0.1) is 0 Å². The van der Waals surface area contributed by atoms with E-state index in [1.54, 1.807) is 18.2 Å². The van der Waals surface area contributed by atoms with Gasteiger partial charge in [-0.2, -0.15) is 0 Å². The second-order valence-corrected chi connectivity index (χ2v) is 6.89. The first-order valence-electron chi connectivity index (χ1n) is 10.2. The number of carbonyl (C=O) groups excluding carboxylic acids is 2. The minimum Gasteiger partial charge on any atom is -0.494 e. The fraction of sp³-hybridized carbons (Fsp3) is 0.333. The molecule has 0 aromatic heterocycles. The number of benzene rings is 2. The lowest BCUT2D eigenvalue weighted by atomic mass is 10.2. The zero-order valence-electron chi connectivity index (χ0n) is 17.2. The minimum absolute atomic E-state index is 0.191. The van der Waals surface area contributed by atoms with Crippen molar-refractivity contribution in [3.8, 4) is 5.75 Å². The van der Waals surface area contributed by atoms with E-state index in [1.165, 1.54) is 32.6 Å². The molecule has 5 heteroatoms. The van der Waals surface area contributed by atoms with Gasteiger partial charge in [-0.1, -0.05) is 62.9 Å². The molecule has 0 unspecified atom stereocenters. The standard InChI is InChI=1S/C24H30N2O3/c1-3-4-5-6-10-17-29-22-15-13-21(14-16-22)26-24(28)23(25-19(2)27)18-20-11-8-7-9-12-20/h7-9,11-16,18H,3-6,10,17H2,1-2H3,(H,25,27)(H,26,28)/b23-18-. The van der Waals surface area contributed by atoms with Gasteiger partial charge < -0.3 is 15.4 Å². The van der Waals surface area contributed by atoms with Crippen molar-refractivity contribution in [2.75, 3.05) is 11.9 Å². The number of carbonyl (C=O) groups is 2. The van der Waals surface area contributed by atoms with Gasteiger partial charge in [0.15, 0.2) is 0 Å². The molecule has 0 fully saturated rings. The summed E-state index contributed by atoms with van der Waals surface area (Å²) in [5.41, 5.74) is 1.65. The smallest absolute Gasteiger partial charge is 0.272 e. The van der Waals surface area contributed by atoms with Crippen LogP contribution in [0.1, 0.15) is 51.5 Å². The fourth-order valence-electron chi connectivity index (χ4n) is 2.79. The van der Waals surface area contributed by atoms with Crippen molar-refractivity contribution in [3.05, 3.63) is 65.9 Å². The third kappa shape index (κ3) is 8.64. The highest BCUT2D eigenvalue weighted by Crippen LogP contribution is 2.17. The monoisotopic (exact) mass is 394 g/mol. The molecule has 0 saturated carbocycles. The van der Waals surface area contributed by atoms with Crippen LogP contribution in [0.3, 0.4) is 0 Å². The molecule has 0 heterocycles. The average molecular weight is 395 g/mol. The molecule has 2 rings (SSSR count). The lowest BCUT2D eigenvalue weighted by Gasteiger charge is -2.11. The zero-order chi connectivity index (χ0) is 20.9. The molecule has 0 aliphatic heterocycles. The highest BCUT2D eigenvalue weighted by molar-refractivity contribution is 6.08. The number of hydrogen-bond acceptors (Lipinski definition) is 3. The van der Waals surface area contributed by atoms with E-state index in [0.717, 1.165) is 17.7 Å². The van der Waals surface area contributed by atoms with E-state index in [0.29, 0.717) is 12.3 Å². The molecule has 29 heavy (non-hydrogen) atoms. The van der Waals surface area contributed by atoms with Crippen molar-refractivity contribution >= 4 is 23.6 Å². The first-order valence-corrected chi connectivity index (χ1v) is 10.2. The van der Waals surface area contributed by atoms with Crippen LogP contribution >= 0.6 is 0 Å². The summed E-state index contributed by atoms with van der Waals surface area (Å²) in [5.74, 6) is 0.0964. The molecule has 2 N–H and O–H groups in total. The van der Waals surface area contributed by atoms with Gasteiger partial charge in [-0.05, 0) is 42.3 Å². The van der Waals surface area contributed by atoms with Crippen molar-refractivity contribution in [1.29, 1.82) is 0 Å². The van der Waals surface area contributed by atoms with Crippen molar-refractivity contribution in [2.45, 2.75) is 46.0 Å². The Balaban J connectivity index is 1.92. The molecule has 0 spiro atoms. The van der Waals surface area contributed by atoms with Crippen LogP contribution in [-0.2, 0) is 9.59 Å². The topological polar surface area (TPSA) is 67.4 Å². The minimum atomic E-state index is -0.381. The summed E-state index contributed by atoms with van der Waals surface area (Å²) in [5, 5.41) is 5.40. The second kappa shape index (κ2) is 12.4. The van der Waals surface area contributed by atoms with E-state index in [4.69, 9.17) is 4.74 Å². The first kappa shape index (κ1) is 22.2. The van der Waals surface area contributed by atoms with Crippen LogP contribution < -0.4 is 15.4 Å². The van der Waals surface area contributed by atoms with E-state index >= 15 is 0 Å². The number of unbranched alkanes of at least 4 members (excludes halogenated alkanes) is 4. The van der Waals surface area contributed by atoms with Gasteiger partial charge in [0, 0.05) is 12.6 Å². The molecular weight excluding hydrogens is 364 g/mol. The Morgan fingerprint density at radius 1 is 0.931 bits per heavy atom. The van der Waals surface area contributed by atoms with Gasteiger partial charge in [0.1, 0.15) is 11.4 Å². The van der Waals surface area contributed by atoms with Crippen LogP contribution in [0.5, 0.6) is 5.75 Å². The third-order valence-corrected chi connectivity index (χ3v) is 4.29. The predicted octanol–water partition coefficient (Wildman–Crippen LogP) is 5.15. The fourth-order valence-corrected chi connectivity index (χ4v) is 2.79. The van der Waals surface area contributed by atoms with Crippen LogP contribution in [0.2, 0.25) is 0 Å². The summed E-state index contributed by atoms with van der Waals surface area (Å²) in [4.78, 5) is 24.1. The number of amides is 2. The van der Waals surface area contributed by atoms with Crippen LogP contribution in [-0.4, -0.2) is 18.4 Å². The summed E-state index contributed by atoms with van der Waals surface area (Å²) in [6, 6.07) is 16.6. The Morgan fingerprint density at radius 3 is 2.28 bits per heavy atom. The highest BCUT2D eigenvalue weighted by atomic mass is 16.5. The molecule has 0 bridgehead atoms. The normalized spacial score (nSPS) is 11.0. The Morgan fingerprint density at radius 2 is 1.62 bits per heavy atom. The van der Waals surface area contributed by atoms with Gasteiger partial charge in [-0.3, -0.25) is 9.59 Å². The molecule has 0 aliphatic rings. The number of anilines is 1. The second-order valence-electron chi connectivity index (χ2n) is 6.89. The average Bonchev–Trinajstić information content (AvgIpc) is 2.72. The SMILES string of the molecule is CCCCCCCOc1ccc(NC(=O)/C(=C/c2ccccc2)NC(C)=O)cc1. The van der Waals surface area contributed by atoms with Crippen LogP contribution in [0, 0.1) is 0 Å². The summed E-state index contributed by atoms with van der Waals surface area (Å²) < 4.78 is 5.74. The van der Waals surface area contributed by atoms with E-state index in [-0.39, 0.29) is 17.5 Å². The molecule has 2 aromatic carbocycles. The molecule has 0 aliphatic carbocycles. The summed E-state index contributed by atoms with van der Waals surface area (Å²) in [7, 11) is 0. The Hall–Kier alpha value is -3.08. The Bertz CT molecular complexity index is 799. The van der Waals surface area contributed by atoms with Crippen molar-refractivity contribution in [3.63, 3.8) is 0 Å². The lowest BCUT2D eigenvalue weighted by Crippen LogP contribution is -2.28. The van der Waals surface area contributed by atoms with Gasteiger partial charge in [0.2, 0.25) is 5.91 Å². The van der Waals surface area contributed by atoms with Gasteiger partial charge in [0.05, 0.1) is 6.61 Å². The molecule has 2 aromatic rings. The highest BCUT2D eigenvalue weighted by Gasteiger charge is 2.11. The van der Waals surface area contributed by atoms with Crippen molar-refractivity contribution in [1.82, 2.24) is 5.32 Å². The van der Waals surface area contributed by atoms with Crippen LogP contribution in [0.4, 0.5) is 5.69 Å². The third-order valence-electron chi connectivity index (χ3n) is 4.29. The molecule has 2 amide bonds. The van der Waals surface area contributed by atoms with E-state index in [9.17, 15) is 9.59 Å². The van der Waals surface area contributed by atoms with Crippen molar-refractivity contribution in [2.24, 2.45) is 0 Å². The van der Waals surface area contributed by atoms with E-state index in [1.807, 2.05) is 42.5 Å². The van der Waals surface area contributed by atoms with Gasteiger partial charge >= 0.3 is 0 Å². The molecule has 0 radical (unpaired) electrons. The number of hydrogen-bond donors (Lipinski definition) is 2. The first-order chi connectivity index (χ1) is 14.1. The quantitative estimate of drug-likeness (QED) is 0.409. The van der Waals surface area contributed by atoms with Crippen LogP contribution in [0.15, 0.2) is 60.3 Å². The lowest BCUT2D eigenvalue weighted by molar-refractivity contribution is -0.120. The zero-order valence-corrected chi connectivity index (χ0v) is 17.2.